The van der Waals surface area contributed by atoms with Crippen LogP contribution in [0.3, 0.4) is 0 Å². The lowest BCUT2D eigenvalue weighted by Crippen LogP contribution is -2.65. The van der Waals surface area contributed by atoms with Crippen molar-refractivity contribution in [3.8, 4) is 5.69 Å². The van der Waals surface area contributed by atoms with Gasteiger partial charge in [-0.2, -0.15) is 0 Å². The number of amides is 1. The van der Waals surface area contributed by atoms with Crippen LogP contribution in [0.5, 0.6) is 0 Å². The topological polar surface area (TPSA) is 76.4 Å². The molecule has 1 saturated heterocycles. The molecule has 1 aromatic carbocycles. The molecule has 6 heteroatoms. The van der Waals surface area contributed by atoms with Crippen LogP contribution in [0.25, 0.3) is 5.69 Å². The molecule has 2 aromatic rings. The fraction of sp³-hybridized carbons (Fsp3) is 0.444. The van der Waals surface area contributed by atoms with Gasteiger partial charge < -0.3 is 15.2 Å². The lowest BCUT2D eigenvalue weighted by atomic mass is 9.58. The van der Waals surface area contributed by atoms with E-state index in [1.54, 1.807) is 17.1 Å². The van der Waals surface area contributed by atoms with Gasteiger partial charge in [-0.25, -0.2) is 4.98 Å². The molecule has 6 nitrogen and oxygen atoms in total. The Morgan fingerprint density at radius 1 is 1.29 bits per heavy atom. The smallest absolute Gasteiger partial charge is 0.270 e. The van der Waals surface area contributed by atoms with Crippen LogP contribution in [-0.2, 0) is 4.74 Å². The second-order valence-electron chi connectivity index (χ2n) is 6.61. The summed E-state index contributed by atoms with van der Waals surface area (Å²) < 4.78 is 7.19. The van der Waals surface area contributed by atoms with Crippen LogP contribution < -0.4 is 5.32 Å². The average molecular weight is 327 g/mol. The Morgan fingerprint density at radius 3 is 2.75 bits per heavy atom. The van der Waals surface area contributed by atoms with Gasteiger partial charge in [-0.1, -0.05) is 18.2 Å². The van der Waals surface area contributed by atoms with Gasteiger partial charge in [0, 0.05) is 30.4 Å². The van der Waals surface area contributed by atoms with E-state index in [1.807, 2.05) is 30.3 Å². The van der Waals surface area contributed by atoms with Crippen LogP contribution in [0.4, 0.5) is 0 Å². The number of hydrogen-bond donors (Lipinski definition) is 2. The monoisotopic (exact) mass is 327 g/mol. The van der Waals surface area contributed by atoms with Crippen molar-refractivity contribution in [2.45, 2.75) is 31.4 Å². The van der Waals surface area contributed by atoms with E-state index in [0.29, 0.717) is 25.3 Å². The van der Waals surface area contributed by atoms with Crippen molar-refractivity contribution in [3.05, 3.63) is 48.5 Å². The maximum absolute atomic E-state index is 12.8. The largest absolute Gasteiger partial charge is 0.392 e. The normalized spacial score (nSPS) is 25.2. The molecule has 1 aliphatic heterocycles. The Bertz CT molecular complexity index is 722. The van der Waals surface area contributed by atoms with Crippen LogP contribution in [0.15, 0.2) is 42.9 Å². The van der Waals surface area contributed by atoms with E-state index in [1.165, 1.54) is 0 Å². The summed E-state index contributed by atoms with van der Waals surface area (Å²) in [6.07, 6.45) is 5.04. The standard InChI is InChI=1S/C18H21N3O3/c22-16-10-15(18(16)6-8-24-9-7-18)20-17(23)14-11-19-12-21(14)13-4-2-1-3-5-13/h1-5,11-12,15-16,22H,6-10H2,(H,20,23)/t15-,16-/m1/s1. The molecule has 4 rings (SSSR count). The predicted molar refractivity (Wildman–Crippen MR) is 87.9 cm³/mol. The average Bonchev–Trinajstić information content (AvgIpc) is 3.13. The van der Waals surface area contributed by atoms with Crippen molar-refractivity contribution in [1.29, 1.82) is 0 Å². The number of carbonyl (C=O) groups is 1. The molecule has 2 atom stereocenters. The number of ether oxygens (including phenoxy) is 1. The number of aliphatic hydroxyl groups is 1. The molecule has 126 valence electrons. The van der Waals surface area contributed by atoms with Gasteiger partial charge in [-0.3, -0.25) is 9.36 Å². The van der Waals surface area contributed by atoms with E-state index in [0.717, 1.165) is 18.5 Å². The molecule has 2 N–H and O–H groups in total. The van der Waals surface area contributed by atoms with Gasteiger partial charge >= 0.3 is 0 Å². The second kappa shape index (κ2) is 6.03. The third-order valence-corrected chi connectivity index (χ3v) is 5.45. The Hall–Kier alpha value is -2.18. The lowest BCUT2D eigenvalue weighted by molar-refractivity contribution is -0.145. The number of imidazole rings is 1. The zero-order valence-electron chi connectivity index (χ0n) is 13.4. The highest BCUT2D eigenvalue weighted by Gasteiger charge is 2.55. The van der Waals surface area contributed by atoms with Crippen LogP contribution in [0.1, 0.15) is 29.8 Å². The first-order chi connectivity index (χ1) is 11.7. The summed E-state index contributed by atoms with van der Waals surface area (Å²) in [7, 11) is 0. The van der Waals surface area contributed by atoms with Gasteiger partial charge in [-0.05, 0) is 31.4 Å². The van der Waals surface area contributed by atoms with E-state index in [9.17, 15) is 9.90 Å². The molecule has 2 heterocycles. The quantitative estimate of drug-likeness (QED) is 0.896. The number of rotatable bonds is 3. The highest BCUT2D eigenvalue weighted by atomic mass is 16.5. The number of carbonyl (C=O) groups excluding carboxylic acids is 1. The van der Waals surface area contributed by atoms with Gasteiger partial charge in [0.15, 0.2) is 0 Å². The summed E-state index contributed by atoms with van der Waals surface area (Å²) in [5.74, 6) is -0.154. The van der Waals surface area contributed by atoms with Crippen LogP contribution >= 0.6 is 0 Å². The molecule has 1 aliphatic carbocycles. The van der Waals surface area contributed by atoms with Crippen molar-refractivity contribution in [2.75, 3.05) is 13.2 Å². The summed E-state index contributed by atoms with van der Waals surface area (Å²) in [5.41, 5.74) is 1.17. The first-order valence-corrected chi connectivity index (χ1v) is 8.35. The van der Waals surface area contributed by atoms with Gasteiger partial charge in [0.25, 0.3) is 5.91 Å². The van der Waals surface area contributed by atoms with E-state index >= 15 is 0 Å². The van der Waals surface area contributed by atoms with Crippen molar-refractivity contribution in [1.82, 2.24) is 14.9 Å². The molecule has 1 amide bonds. The summed E-state index contributed by atoms with van der Waals surface area (Å²) in [6.45, 7) is 1.29. The number of aromatic nitrogens is 2. The first-order valence-electron chi connectivity index (χ1n) is 8.35. The third-order valence-electron chi connectivity index (χ3n) is 5.45. The summed E-state index contributed by atoms with van der Waals surface area (Å²) >= 11 is 0. The Morgan fingerprint density at radius 2 is 2.04 bits per heavy atom. The Kier molecular flexibility index (Phi) is 3.86. The SMILES string of the molecule is O=C(N[C@@H]1C[C@@H](O)C12CCOCC2)c1cncn1-c1ccccc1. The van der Waals surface area contributed by atoms with Gasteiger partial charge in [-0.15, -0.1) is 0 Å². The number of nitrogens with one attached hydrogen (secondary N) is 1. The molecule has 2 fully saturated rings. The second-order valence-corrected chi connectivity index (χ2v) is 6.61. The molecule has 0 radical (unpaired) electrons. The molecule has 24 heavy (non-hydrogen) atoms. The zero-order chi connectivity index (χ0) is 16.6. The third kappa shape index (κ3) is 2.42. The Balaban J connectivity index is 1.53. The predicted octanol–water partition coefficient (Wildman–Crippen LogP) is 1.53. The van der Waals surface area contributed by atoms with E-state index in [-0.39, 0.29) is 23.5 Å². The van der Waals surface area contributed by atoms with E-state index in [4.69, 9.17) is 4.74 Å². The maximum Gasteiger partial charge on any atom is 0.270 e. The van der Waals surface area contributed by atoms with Gasteiger partial charge in [0.2, 0.25) is 0 Å². The molecule has 1 saturated carbocycles. The number of nitrogens with zero attached hydrogens (tertiary/aromatic N) is 2. The van der Waals surface area contributed by atoms with Crippen LogP contribution in [-0.4, -0.2) is 45.9 Å². The van der Waals surface area contributed by atoms with Crippen LogP contribution in [0.2, 0.25) is 0 Å². The van der Waals surface area contributed by atoms with Crippen molar-refractivity contribution >= 4 is 5.91 Å². The van der Waals surface area contributed by atoms with E-state index in [2.05, 4.69) is 10.3 Å². The minimum Gasteiger partial charge on any atom is -0.392 e. The highest BCUT2D eigenvalue weighted by molar-refractivity contribution is 5.93. The summed E-state index contributed by atoms with van der Waals surface area (Å²) in [6, 6.07) is 9.65. The molecule has 2 aliphatic rings. The first kappa shape index (κ1) is 15.4. The highest BCUT2D eigenvalue weighted by Crippen LogP contribution is 2.49. The number of para-hydroxylation sites is 1. The van der Waals surface area contributed by atoms with Crippen molar-refractivity contribution in [3.63, 3.8) is 0 Å². The molecule has 0 unspecified atom stereocenters. The van der Waals surface area contributed by atoms with Gasteiger partial charge in [0.1, 0.15) is 5.69 Å². The fourth-order valence-corrected chi connectivity index (χ4v) is 3.89. The molecule has 1 aromatic heterocycles. The summed E-state index contributed by atoms with van der Waals surface area (Å²) in [5, 5.41) is 13.3. The number of benzene rings is 1. The lowest BCUT2D eigenvalue weighted by Gasteiger charge is -2.55. The molecule has 1 spiro atoms. The van der Waals surface area contributed by atoms with Crippen molar-refractivity contribution in [2.24, 2.45) is 5.41 Å². The molecular formula is C18H21N3O3. The minimum atomic E-state index is -0.356. The fourth-order valence-electron chi connectivity index (χ4n) is 3.89. The van der Waals surface area contributed by atoms with Gasteiger partial charge in [0.05, 0.1) is 18.6 Å². The number of aliphatic hydroxyl groups excluding tert-OH is 1. The van der Waals surface area contributed by atoms with Crippen LogP contribution in [0, 0.1) is 5.41 Å². The molecular weight excluding hydrogens is 306 g/mol. The molecule has 0 bridgehead atoms. The van der Waals surface area contributed by atoms with Crippen molar-refractivity contribution < 1.29 is 14.6 Å². The minimum absolute atomic E-state index is 0.0111. The van der Waals surface area contributed by atoms with E-state index < -0.39 is 0 Å². The zero-order valence-corrected chi connectivity index (χ0v) is 13.4. The maximum atomic E-state index is 12.8. The summed E-state index contributed by atoms with van der Waals surface area (Å²) in [4.78, 5) is 16.9. The number of hydrogen-bond acceptors (Lipinski definition) is 4. The Labute approximate surface area is 140 Å².